The zero-order valence-electron chi connectivity index (χ0n) is 81.1. The highest BCUT2D eigenvalue weighted by molar-refractivity contribution is 9.11. The minimum absolute atomic E-state index is 0.288. The molecule has 696 valence electrons. The van der Waals surface area contributed by atoms with Gasteiger partial charge < -0.3 is 23.5 Å². The van der Waals surface area contributed by atoms with E-state index in [2.05, 4.69) is 392 Å². The van der Waals surface area contributed by atoms with E-state index in [0.717, 1.165) is 101 Å². The summed E-state index contributed by atoms with van der Waals surface area (Å²) in [6, 6.07) is 81.3. The molecule has 132 heavy (non-hydrogen) atoms. The maximum absolute atomic E-state index is 6.56. The number of anilines is 3. The zero-order valence-corrected chi connectivity index (χ0v) is 90.6. The number of benzene rings is 10. The Morgan fingerprint density at radius 2 is 0.712 bits per heavy atom. The normalized spacial score (nSPS) is 16.1. The lowest BCUT2D eigenvalue weighted by Gasteiger charge is -2.37. The second-order valence-corrected chi connectivity index (χ2v) is 44.3. The summed E-state index contributed by atoms with van der Waals surface area (Å²) in [4.78, 5) is 17.0. The maximum Gasteiger partial charge on any atom is 0.495 e. The van der Waals surface area contributed by atoms with Crippen LogP contribution in [0.3, 0.4) is 0 Å². The molecule has 0 bridgehead atoms. The van der Waals surface area contributed by atoms with Gasteiger partial charge in [-0.25, -0.2) is 15.0 Å². The molecule has 10 aromatic carbocycles. The molecule has 0 spiro atoms. The van der Waals surface area contributed by atoms with Gasteiger partial charge in [-0.1, -0.05) is 380 Å². The first-order chi connectivity index (χ1) is 63.5. The molecule has 3 heterocycles. The van der Waals surface area contributed by atoms with Gasteiger partial charge in [0, 0.05) is 60.9 Å². The van der Waals surface area contributed by atoms with Crippen LogP contribution in [-0.2, 0) is 56.1 Å². The van der Waals surface area contributed by atoms with Crippen molar-refractivity contribution in [1.82, 2.24) is 15.0 Å². The van der Waals surface area contributed by atoms with E-state index < -0.39 is 0 Å². The molecule has 8 nitrogen and oxygen atoms in total. The number of aromatic nitrogens is 3. The average Bonchev–Trinajstić information content (AvgIpc) is 1.54. The molecule has 2 atom stereocenters. The standard InChI is InChI=1S/C37H42Br2.C30H52B2O4.C27H25Br2N3.C22H21Br2N/c1-3-5-7-9-13-27-15-11-17-29(23-27)37(30-18-12-16-28(24-30)14-10-8-6-4-2)35-25-31(38)19-21-33(35)34-22-20-32(39)26-36(34)37;1-11-13-15-17-19-23-21-26(32-35-29(7,8)30(9,10)36-32)24(20-18-16-14-12-2)22-25(23)31-33-27(3,4)28(5,6)34-31;1-2-3-4-5-6-19-7-9-20(10-8-19)25-30-26(21-11-15-23(28)16-12-21)32-27(31-25)22-13-17-24(29)18-14-22;1-3-16(2)17-4-10-20(11-5-17)25(21-12-6-18(23)7-13-21)22-14-8-19(24)9-15-22/h11-12,15-25,32H,3-10,13-14,26H2,1-2H3;21-22H,11-20H2,1-10H3;7-18H,2-6H2,1H3;4-16H,3H2,1-2H3. The lowest BCUT2D eigenvalue weighted by Crippen LogP contribution is -2.43. The van der Waals surface area contributed by atoms with Gasteiger partial charge in [-0.15, -0.1) is 0 Å². The molecule has 0 radical (unpaired) electrons. The molecule has 2 saturated heterocycles. The Hall–Kier alpha value is -6.66. The van der Waals surface area contributed by atoms with Crippen molar-refractivity contribution in [3.63, 3.8) is 0 Å². The number of hydrogen-bond donors (Lipinski definition) is 0. The highest BCUT2D eigenvalue weighted by atomic mass is 79.9. The van der Waals surface area contributed by atoms with E-state index in [4.69, 9.17) is 33.6 Å². The Morgan fingerprint density at radius 1 is 0.371 bits per heavy atom. The molecule has 2 aliphatic heterocycles. The van der Waals surface area contributed by atoms with Gasteiger partial charge in [-0.3, -0.25) is 0 Å². The van der Waals surface area contributed by atoms with Gasteiger partial charge in [0.15, 0.2) is 17.5 Å². The smallest absolute Gasteiger partial charge is 0.399 e. The molecular weight excluding hydrogens is 2010 g/mol. The first-order valence-corrected chi connectivity index (χ1v) is 54.1. The molecule has 4 aliphatic rings. The zero-order chi connectivity index (χ0) is 94.2. The van der Waals surface area contributed by atoms with Gasteiger partial charge in [0.1, 0.15) is 0 Å². The van der Waals surface area contributed by atoms with Crippen molar-refractivity contribution in [3.05, 3.63) is 320 Å². The highest BCUT2D eigenvalue weighted by Gasteiger charge is 2.55. The summed E-state index contributed by atoms with van der Waals surface area (Å²) in [6.07, 6.45) is 37.6. The predicted molar refractivity (Wildman–Crippen MR) is 584 cm³/mol. The fraction of sp³-hybridized carbons (Fsp3) is 0.422. The number of nitrogens with zero attached hydrogens (tertiary/aromatic N) is 4. The van der Waals surface area contributed by atoms with Gasteiger partial charge in [0.2, 0.25) is 0 Å². The minimum Gasteiger partial charge on any atom is -0.399 e. The summed E-state index contributed by atoms with van der Waals surface area (Å²) >= 11 is 21.9. The number of halogens is 6. The van der Waals surface area contributed by atoms with Crippen molar-refractivity contribution in [1.29, 1.82) is 0 Å². The van der Waals surface area contributed by atoms with Crippen LogP contribution in [-0.4, -0.2) is 56.4 Å². The summed E-state index contributed by atoms with van der Waals surface area (Å²) in [7, 11) is -0.698. The molecule has 16 heteroatoms. The molecule has 2 unspecified atom stereocenters. The molecule has 15 rings (SSSR count). The van der Waals surface area contributed by atoms with E-state index in [-0.39, 0.29) is 42.1 Å². The van der Waals surface area contributed by atoms with E-state index in [0.29, 0.717) is 28.2 Å². The van der Waals surface area contributed by atoms with Crippen molar-refractivity contribution in [2.24, 2.45) is 0 Å². The van der Waals surface area contributed by atoms with Crippen molar-refractivity contribution >= 4 is 143 Å². The fourth-order valence-corrected chi connectivity index (χ4v) is 20.0. The van der Waals surface area contributed by atoms with Crippen LogP contribution in [0.2, 0.25) is 0 Å². The molecular formula is C116H140B2Br6N4O4. The lowest BCUT2D eigenvalue weighted by atomic mass is 9.65. The number of allylic oxidation sites excluding steroid dienone is 4. The molecule has 1 aromatic heterocycles. The van der Waals surface area contributed by atoms with Gasteiger partial charge in [0.25, 0.3) is 0 Å². The highest BCUT2D eigenvalue weighted by Crippen LogP contribution is 2.59. The van der Waals surface area contributed by atoms with E-state index >= 15 is 0 Å². The van der Waals surface area contributed by atoms with Gasteiger partial charge >= 0.3 is 14.2 Å². The molecule has 0 saturated carbocycles. The number of fused-ring (bicyclic) bond motifs is 2. The van der Waals surface area contributed by atoms with Crippen LogP contribution in [0.25, 0.3) is 39.7 Å². The van der Waals surface area contributed by atoms with Crippen LogP contribution in [0.4, 0.5) is 17.1 Å². The number of aryl methyl sites for hydroxylation is 5. The third kappa shape index (κ3) is 27.0. The Labute approximate surface area is 844 Å². The van der Waals surface area contributed by atoms with Crippen molar-refractivity contribution in [2.75, 3.05) is 4.90 Å². The predicted octanol–water partition coefficient (Wildman–Crippen LogP) is 34.8. The quantitative estimate of drug-likeness (QED) is 0.0216. The van der Waals surface area contributed by atoms with Crippen LogP contribution >= 0.6 is 95.6 Å². The number of rotatable bonds is 37. The Bertz CT molecular complexity index is 5300. The lowest BCUT2D eigenvalue weighted by molar-refractivity contribution is 0.00578. The van der Waals surface area contributed by atoms with Crippen LogP contribution in [0.15, 0.2) is 265 Å². The summed E-state index contributed by atoms with van der Waals surface area (Å²) in [6.45, 7) is 33.0. The Morgan fingerprint density at radius 3 is 1.08 bits per heavy atom. The molecule has 0 amide bonds. The maximum atomic E-state index is 6.56. The van der Waals surface area contributed by atoms with E-state index in [1.165, 1.54) is 206 Å². The first kappa shape index (κ1) is 104. The minimum atomic E-state index is -0.358. The van der Waals surface area contributed by atoms with Crippen LogP contribution in [0, 0.1) is 0 Å². The van der Waals surface area contributed by atoms with E-state index in [1.54, 1.807) is 0 Å². The first-order valence-electron chi connectivity index (χ1n) is 49.2. The largest absolute Gasteiger partial charge is 0.495 e. The number of hydrogen-bond acceptors (Lipinski definition) is 8. The molecule has 2 aliphatic carbocycles. The average molecular weight is 2160 g/mol. The van der Waals surface area contributed by atoms with Gasteiger partial charge in [-0.2, -0.15) is 0 Å². The second-order valence-electron chi connectivity index (χ2n) is 38.5. The molecule has 11 aromatic rings. The van der Waals surface area contributed by atoms with Crippen molar-refractivity contribution in [2.45, 2.75) is 316 Å². The summed E-state index contributed by atoms with van der Waals surface area (Å²) in [5, 5.41) is 0. The molecule has 2 fully saturated rings. The van der Waals surface area contributed by atoms with Crippen LogP contribution < -0.4 is 15.8 Å². The SMILES string of the molecule is CCC(C)c1ccc(N(c2ccc(Br)cc2)c2ccc(Br)cc2)cc1.CCCCCCc1cc(B2OC(C)(C)C(C)(C)O2)c(CCCCCC)cc1B1OC(C)(C)C(C)(C)O1.CCCCCCc1ccc(-c2nc(-c3ccc(Br)cc3)nc(-c3ccc(Br)cc3)n2)cc1.CCCCCCc1cccc(C2(c3cccc(CCCCCC)c3)C3=C(C=CC(Br)C3)c3ccc(Br)cc32)c1. The number of alkyl halides is 1. The fourth-order valence-electron chi connectivity index (χ4n) is 18.1. The monoisotopic (exact) mass is 2150 g/mol. The van der Waals surface area contributed by atoms with E-state index in [1.807, 2.05) is 48.5 Å². The number of unbranched alkanes of at least 4 members (excludes halogenated alkanes) is 15. The Balaban J connectivity index is 0.000000161. The van der Waals surface area contributed by atoms with E-state index in [9.17, 15) is 0 Å². The topological polar surface area (TPSA) is 78.8 Å². The second kappa shape index (κ2) is 49.6. The van der Waals surface area contributed by atoms with Crippen LogP contribution in [0.5, 0.6) is 0 Å². The van der Waals surface area contributed by atoms with Crippen LogP contribution in [0.1, 0.15) is 307 Å². The summed E-state index contributed by atoms with van der Waals surface area (Å²) < 4.78 is 31.6. The van der Waals surface area contributed by atoms with Crippen molar-refractivity contribution < 1.29 is 18.6 Å². The third-order valence-electron chi connectivity index (χ3n) is 27.6. The third-order valence-corrected chi connectivity index (χ3v) is 30.8. The molecule has 0 N–H and O–H groups in total. The van der Waals surface area contributed by atoms with Crippen molar-refractivity contribution in [3.8, 4) is 34.2 Å². The Kier molecular flexibility index (Phi) is 39.1. The summed E-state index contributed by atoms with van der Waals surface area (Å²) in [5.74, 6) is 2.62. The van der Waals surface area contributed by atoms with Gasteiger partial charge in [-0.05, 0) is 313 Å². The summed E-state index contributed by atoms with van der Waals surface area (Å²) in [5.41, 5.74) is 23.9. The van der Waals surface area contributed by atoms with Gasteiger partial charge in [0.05, 0.1) is 27.8 Å².